The number of imidazole rings is 1. The Kier molecular flexibility index (Phi) is 5.05. The minimum atomic E-state index is 0.540. The lowest BCUT2D eigenvalue weighted by Crippen LogP contribution is -2.21. The maximum atomic E-state index is 5.06. The molecule has 1 N–H and O–H groups in total. The highest BCUT2D eigenvalue weighted by molar-refractivity contribution is 5.26. The average Bonchev–Trinajstić information content (AvgIpc) is 2.88. The molecule has 1 unspecified atom stereocenters. The Labute approximate surface area is 110 Å². The fraction of sp³-hybridized carbons (Fsp3) is 0.786. The van der Waals surface area contributed by atoms with Crippen LogP contribution in [0.15, 0.2) is 12.4 Å². The molecule has 1 aromatic rings. The van der Waals surface area contributed by atoms with Gasteiger partial charge in [-0.05, 0) is 25.7 Å². The quantitative estimate of drug-likeness (QED) is 0.790. The number of rotatable bonds is 6. The Morgan fingerprint density at radius 1 is 1.44 bits per heavy atom. The summed E-state index contributed by atoms with van der Waals surface area (Å²) in [5, 5.41) is 3.34. The lowest BCUT2D eigenvalue weighted by molar-refractivity contribution is 0.210. The zero-order valence-corrected chi connectivity index (χ0v) is 11.6. The number of ether oxygens (including phenoxy) is 1. The van der Waals surface area contributed by atoms with Gasteiger partial charge in [-0.15, -0.1) is 0 Å². The maximum Gasteiger partial charge on any atom is 0.203 e. The molecule has 1 aromatic heterocycles. The van der Waals surface area contributed by atoms with E-state index in [9.17, 15) is 0 Å². The fourth-order valence-electron chi connectivity index (χ4n) is 2.89. The molecule has 0 saturated heterocycles. The number of hydrogen-bond acceptors (Lipinski definition) is 3. The molecule has 0 aliphatic heterocycles. The molecule has 4 nitrogen and oxygen atoms in total. The topological polar surface area (TPSA) is 39.1 Å². The van der Waals surface area contributed by atoms with Crippen molar-refractivity contribution in [2.24, 2.45) is 5.92 Å². The summed E-state index contributed by atoms with van der Waals surface area (Å²) in [6.07, 6.45) is 10.9. The second-order valence-corrected chi connectivity index (χ2v) is 5.22. The van der Waals surface area contributed by atoms with Crippen LogP contribution >= 0.6 is 0 Å². The van der Waals surface area contributed by atoms with E-state index in [1.165, 1.54) is 32.1 Å². The minimum absolute atomic E-state index is 0.540. The summed E-state index contributed by atoms with van der Waals surface area (Å²) in [6, 6.07) is 0.540. The van der Waals surface area contributed by atoms with Crippen LogP contribution in [-0.2, 0) is 4.74 Å². The highest BCUT2D eigenvalue weighted by Gasteiger charge is 2.22. The minimum Gasteiger partial charge on any atom is -0.383 e. The predicted molar refractivity (Wildman–Crippen MR) is 73.9 cm³/mol. The fourth-order valence-corrected chi connectivity index (χ4v) is 2.89. The summed E-state index contributed by atoms with van der Waals surface area (Å²) in [5.41, 5.74) is 0. The molecule has 0 bridgehead atoms. The lowest BCUT2D eigenvalue weighted by Gasteiger charge is -2.29. The van der Waals surface area contributed by atoms with E-state index >= 15 is 0 Å². The third-order valence-electron chi connectivity index (χ3n) is 4.03. The maximum absolute atomic E-state index is 5.06. The van der Waals surface area contributed by atoms with Crippen molar-refractivity contribution < 1.29 is 4.74 Å². The van der Waals surface area contributed by atoms with E-state index in [0.717, 1.165) is 18.4 Å². The van der Waals surface area contributed by atoms with Gasteiger partial charge in [0.25, 0.3) is 0 Å². The molecular weight excluding hydrogens is 226 g/mol. The Morgan fingerprint density at radius 2 is 2.22 bits per heavy atom. The molecule has 102 valence electrons. The standard InChI is InChI=1S/C14H25N3O/c1-12(13-6-4-3-5-7-13)17-10-8-15-14(17)16-9-11-18-2/h8,10,12-13H,3-7,9,11H2,1-2H3,(H,15,16). The molecule has 2 rings (SSSR count). The van der Waals surface area contributed by atoms with Gasteiger partial charge in [0.1, 0.15) is 0 Å². The highest BCUT2D eigenvalue weighted by atomic mass is 16.5. The monoisotopic (exact) mass is 251 g/mol. The van der Waals surface area contributed by atoms with Gasteiger partial charge in [-0.2, -0.15) is 0 Å². The molecule has 1 aliphatic rings. The Morgan fingerprint density at radius 3 is 2.94 bits per heavy atom. The van der Waals surface area contributed by atoms with E-state index in [-0.39, 0.29) is 0 Å². The van der Waals surface area contributed by atoms with Crippen molar-refractivity contribution in [2.45, 2.75) is 45.1 Å². The molecule has 0 aromatic carbocycles. The van der Waals surface area contributed by atoms with E-state index in [2.05, 4.69) is 28.0 Å². The first-order valence-electron chi connectivity index (χ1n) is 7.08. The van der Waals surface area contributed by atoms with Crippen LogP contribution in [0.2, 0.25) is 0 Å². The zero-order chi connectivity index (χ0) is 12.8. The second kappa shape index (κ2) is 6.78. The first-order valence-corrected chi connectivity index (χ1v) is 7.08. The van der Waals surface area contributed by atoms with Crippen molar-refractivity contribution in [1.29, 1.82) is 0 Å². The van der Waals surface area contributed by atoms with Crippen LogP contribution in [0.1, 0.15) is 45.1 Å². The molecule has 0 spiro atoms. The average molecular weight is 251 g/mol. The first kappa shape index (κ1) is 13.4. The molecule has 1 aliphatic carbocycles. The van der Waals surface area contributed by atoms with Gasteiger partial charge < -0.3 is 14.6 Å². The van der Waals surface area contributed by atoms with Gasteiger partial charge in [0.2, 0.25) is 5.95 Å². The van der Waals surface area contributed by atoms with Crippen molar-refractivity contribution in [3.8, 4) is 0 Å². The molecule has 4 heteroatoms. The van der Waals surface area contributed by atoms with Crippen LogP contribution in [0.4, 0.5) is 5.95 Å². The van der Waals surface area contributed by atoms with Crippen LogP contribution in [0, 0.1) is 5.92 Å². The summed E-state index contributed by atoms with van der Waals surface area (Å²) in [7, 11) is 1.72. The Hall–Kier alpha value is -1.03. The SMILES string of the molecule is COCCNc1nccn1C(C)C1CCCCC1. The van der Waals surface area contributed by atoms with Gasteiger partial charge >= 0.3 is 0 Å². The van der Waals surface area contributed by atoms with Crippen molar-refractivity contribution in [2.75, 3.05) is 25.6 Å². The third kappa shape index (κ3) is 3.25. The molecule has 1 fully saturated rings. The Bertz CT molecular complexity index is 345. The van der Waals surface area contributed by atoms with E-state index in [4.69, 9.17) is 4.74 Å². The van der Waals surface area contributed by atoms with Crippen molar-refractivity contribution in [1.82, 2.24) is 9.55 Å². The summed E-state index contributed by atoms with van der Waals surface area (Å²) in [6.45, 7) is 3.84. The summed E-state index contributed by atoms with van der Waals surface area (Å²) in [5.74, 6) is 1.78. The lowest BCUT2D eigenvalue weighted by atomic mass is 9.84. The number of aromatic nitrogens is 2. The van der Waals surface area contributed by atoms with Gasteiger partial charge in [0.15, 0.2) is 0 Å². The van der Waals surface area contributed by atoms with E-state index in [0.29, 0.717) is 12.6 Å². The molecule has 1 atom stereocenters. The molecule has 0 amide bonds. The number of methoxy groups -OCH3 is 1. The predicted octanol–water partition coefficient (Wildman–Crippen LogP) is 3.08. The number of hydrogen-bond donors (Lipinski definition) is 1. The normalized spacial score (nSPS) is 18.8. The van der Waals surface area contributed by atoms with Gasteiger partial charge in [-0.1, -0.05) is 19.3 Å². The first-order chi connectivity index (χ1) is 8.83. The van der Waals surface area contributed by atoms with Gasteiger partial charge in [0, 0.05) is 32.1 Å². The summed E-state index contributed by atoms with van der Waals surface area (Å²) < 4.78 is 7.34. The molecular formula is C14H25N3O. The Balaban J connectivity index is 1.96. The van der Waals surface area contributed by atoms with Crippen molar-refractivity contribution in [3.05, 3.63) is 12.4 Å². The van der Waals surface area contributed by atoms with Gasteiger partial charge in [-0.25, -0.2) is 4.98 Å². The highest BCUT2D eigenvalue weighted by Crippen LogP contribution is 2.33. The number of nitrogens with zero attached hydrogens (tertiary/aromatic N) is 2. The molecule has 0 radical (unpaired) electrons. The summed E-state index contributed by atoms with van der Waals surface area (Å²) >= 11 is 0. The van der Waals surface area contributed by atoms with E-state index in [1.807, 2.05) is 6.20 Å². The zero-order valence-electron chi connectivity index (χ0n) is 11.6. The van der Waals surface area contributed by atoms with Gasteiger partial charge in [0.05, 0.1) is 6.61 Å². The largest absolute Gasteiger partial charge is 0.383 e. The van der Waals surface area contributed by atoms with Crippen molar-refractivity contribution in [3.63, 3.8) is 0 Å². The van der Waals surface area contributed by atoms with E-state index < -0.39 is 0 Å². The third-order valence-corrected chi connectivity index (χ3v) is 4.03. The van der Waals surface area contributed by atoms with Crippen LogP contribution in [-0.4, -0.2) is 29.8 Å². The van der Waals surface area contributed by atoms with Crippen LogP contribution in [0.3, 0.4) is 0 Å². The second-order valence-electron chi connectivity index (χ2n) is 5.22. The van der Waals surface area contributed by atoms with Crippen LogP contribution in [0.5, 0.6) is 0 Å². The molecule has 1 heterocycles. The molecule has 18 heavy (non-hydrogen) atoms. The van der Waals surface area contributed by atoms with Gasteiger partial charge in [-0.3, -0.25) is 0 Å². The number of anilines is 1. The summed E-state index contributed by atoms with van der Waals surface area (Å²) in [4.78, 5) is 4.40. The van der Waals surface area contributed by atoms with Crippen LogP contribution < -0.4 is 5.32 Å². The molecule has 1 saturated carbocycles. The number of nitrogens with one attached hydrogen (secondary N) is 1. The smallest absolute Gasteiger partial charge is 0.203 e. The van der Waals surface area contributed by atoms with Crippen LogP contribution in [0.25, 0.3) is 0 Å². The van der Waals surface area contributed by atoms with E-state index in [1.54, 1.807) is 7.11 Å². The van der Waals surface area contributed by atoms with Crippen molar-refractivity contribution >= 4 is 5.95 Å².